The van der Waals surface area contributed by atoms with Crippen LogP contribution in [0.4, 0.5) is 22.7 Å². The quantitative estimate of drug-likeness (QED) is 0.340. The van der Waals surface area contributed by atoms with Crippen LogP contribution in [0, 0.1) is 5.82 Å². The molecule has 0 amide bonds. The van der Waals surface area contributed by atoms with E-state index in [0.29, 0.717) is 52.9 Å². The number of anilines is 1. The first-order chi connectivity index (χ1) is 17.6. The smallest absolute Gasteiger partial charge is 0.404 e. The Balaban J connectivity index is 1.54. The largest absolute Gasteiger partial charge is 0.416 e. The van der Waals surface area contributed by atoms with Gasteiger partial charge < -0.3 is 15.4 Å². The number of ether oxygens (including phenoxy) is 1. The highest BCUT2D eigenvalue weighted by Gasteiger charge is 2.33. The van der Waals surface area contributed by atoms with E-state index in [2.05, 4.69) is 9.98 Å². The number of nitrogens with zero attached hydrogens (tertiary/aromatic N) is 5. The molecular weight excluding hydrogens is 508 g/mol. The van der Waals surface area contributed by atoms with Crippen molar-refractivity contribution in [1.29, 1.82) is 0 Å². The summed E-state index contributed by atoms with van der Waals surface area (Å²) in [5.74, 6) is -0.704. The topological polar surface area (TPSA) is 89.5 Å². The molecule has 2 aromatic heterocycles. The van der Waals surface area contributed by atoms with Crippen molar-refractivity contribution < 1.29 is 22.3 Å². The van der Waals surface area contributed by atoms with Gasteiger partial charge in [-0.3, -0.25) is 4.99 Å². The minimum atomic E-state index is -4.65. The fraction of sp³-hybridized carbons (Fsp3) is 0.440. The van der Waals surface area contributed by atoms with Gasteiger partial charge in [0, 0.05) is 50.2 Å². The Kier molecular flexibility index (Phi) is 6.88. The van der Waals surface area contributed by atoms with Crippen molar-refractivity contribution in [2.75, 3.05) is 25.6 Å². The summed E-state index contributed by atoms with van der Waals surface area (Å²) in [6, 6.07) is 2.83. The minimum Gasteiger partial charge on any atom is -0.404 e. The second-order valence-corrected chi connectivity index (χ2v) is 10.4. The highest BCUT2D eigenvalue weighted by Crippen LogP contribution is 2.39. The summed E-state index contributed by atoms with van der Waals surface area (Å²) < 4.78 is 61.0. The fourth-order valence-electron chi connectivity index (χ4n) is 4.18. The second-order valence-electron chi connectivity index (χ2n) is 9.42. The van der Waals surface area contributed by atoms with Crippen LogP contribution >= 0.6 is 11.3 Å². The molecule has 2 fully saturated rings. The molecule has 1 aliphatic carbocycles. The number of thiazole rings is 1. The van der Waals surface area contributed by atoms with Gasteiger partial charge >= 0.3 is 6.18 Å². The summed E-state index contributed by atoms with van der Waals surface area (Å²) in [5.41, 5.74) is 6.15. The fourth-order valence-corrected chi connectivity index (χ4v) is 5.11. The molecule has 12 heteroatoms. The van der Waals surface area contributed by atoms with Crippen molar-refractivity contribution in [2.45, 2.75) is 49.9 Å². The van der Waals surface area contributed by atoms with Gasteiger partial charge in [-0.25, -0.2) is 14.4 Å². The van der Waals surface area contributed by atoms with Gasteiger partial charge in [-0.2, -0.15) is 18.2 Å². The van der Waals surface area contributed by atoms with Crippen molar-refractivity contribution in [3.63, 3.8) is 0 Å². The van der Waals surface area contributed by atoms with Crippen LogP contribution in [0.25, 0.3) is 21.6 Å². The van der Waals surface area contributed by atoms with E-state index >= 15 is 4.39 Å². The molecule has 0 radical (unpaired) electrons. The van der Waals surface area contributed by atoms with Crippen molar-refractivity contribution in [2.24, 2.45) is 10.7 Å². The Bertz CT molecular complexity index is 1370. The van der Waals surface area contributed by atoms with Crippen LogP contribution in [0.5, 0.6) is 0 Å². The van der Waals surface area contributed by atoms with Crippen molar-refractivity contribution in [1.82, 2.24) is 15.0 Å². The van der Waals surface area contributed by atoms with E-state index in [-0.39, 0.29) is 23.3 Å². The zero-order valence-corrected chi connectivity index (χ0v) is 21.1. The standard InChI is InChI=1S/C25H26F4N6OS/c1-35(2)24-34-23-21(37-24)20(17-6-3-15(10-18(17)26)25(27,28)29)32-22(33-23)13-7-8-36-19(9-13)14(11-30)12-31-16-4-5-16/h3,6,10-13,16,19H,4-5,7-9,30H2,1-2H3/t13-,19-/m1/s1. The molecule has 2 N–H and O–H groups in total. The van der Waals surface area contributed by atoms with Gasteiger partial charge in [0.2, 0.25) is 0 Å². The Morgan fingerprint density at radius 3 is 2.62 bits per heavy atom. The third-order valence-electron chi connectivity index (χ3n) is 6.39. The van der Waals surface area contributed by atoms with Crippen LogP contribution in [-0.2, 0) is 10.9 Å². The summed E-state index contributed by atoms with van der Waals surface area (Å²) in [6.07, 6.45) is 1.61. The number of benzene rings is 1. The van der Waals surface area contributed by atoms with Crippen molar-refractivity contribution in [3.8, 4) is 11.3 Å². The predicted octanol–water partition coefficient (Wildman–Crippen LogP) is 5.32. The SMILES string of the molecule is CN(C)c1nc2nc([C@@H]3CCO[C@@H](C(C=NC4CC4)=CN)C3)nc(-c3ccc(C(F)(F)F)cc3F)c2s1. The molecule has 3 aromatic rings. The van der Waals surface area contributed by atoms with Gasteiger partial charge in [0.15, 0.2) is 10.8 Å². The van der Waals surface area contributed by atoms with Crippen molar-refractivity contribution >= 4 is 33.0 Å². The third-order valence-corrected chi connectivity index (χ3v) is 7.61. The zero-order chi connectivity index (χ0) is 26.3. The number of hydrogen-bond donors (Lipinski definition) is 1. The summed E-state index contributed by atoms with van der Waals surface area (Å²) in [4.78, 5) is 20.3. The highest BCUT2D eigenvalue weighted by atomic mass is 32.1. The molecule has 7 nitrogen and oxygen atoms in total. The first kappa shape index (κ1) is 25.5. The molecular formula is C25H26F4N6OS. The van der Waals surface area contributed by atoms with E-state index in [1.165, 1.54) is 17.5 Å². The lowest BCUT2D eigenvalue weighted by Crippen LogP contribution is -2.28. The van der Waals surface area contributed by atoms with E-state index in [9.17, 15) is 13.2 Å². The number of alkyl halides is 3. The predicted molar refractivity (Wildman–Crippen MR) is 135 cm³/mol. The number of rotatable bonds is 6. The number of halogens is 4. The molecule has 2 aliphatic rings. The molecule has 0 unspecified atom stereocenters. The van der Waals surface area contributed by atoms with Gasteiger partial charge in [0.25, 0.3) is 0 Å². The number of aliphatic imine (C=N–C) groups is 1. The van der Waals surface area contributed by atoms with Gasteiger partial charge in [-0.05, 0) is 43.9 Å². The van der Waals surface area contributed by atoms with Crippen molar-refractivity contribution in [3.05, 3.63) is 47.2 Å². The first-order valence-electron chi connectivity index (χ1n) is 11.9. The number of aromatic nitrogens is 3. The molecule has 37 heavy (non-hydrogen) atoms. The lowest BCUT2D eigenvalue weighted by atomic mass is 9.91. The molecule has 3 heterocycles. The summed E-state index contributed by atoms with van der Waals surface area (Å²) in [5, 5.41) is 0.629. The molecule has 196 valence electrons. The maximum Gasteiger partial charge on any atom is 0.416 e. The van der Waals surface area contributed by atoms with E-state index in [0.717, 1.165) is 30.5 Å². The van der Waals surface area contributed by atoms with E-state index < -0.39 is 17.6 Å². The number of nitrogens with two attached hydrogens (primary N) is 1. The summed E-state index contributed by atoms with van der Waals surface area (Å²) >= 11 is 1.26. The Labute approximate surface area is 215 Å². The summed E-state index contributed by atoms with van der Waals surface area (Å²) in [6.45, 7) is 0.440. The molecule has 1 saturated heterocycles. The van der Waals surface area contributed by atoms with Gasteiger partial charge in [0.1, 0.15) is 16.3 Å². The van der Waals surface area contributed by atoms with Gasteiger partial charge in [-0.1, -0.05) is 11.3 Å². The molecule has 5 rings (SSSR count). The number of fused-ring (bicyclic) bond motifs is 1. The van der Waals surface area contributed by atoms with Gasteiger partial charge in [-0.15, -0.1) is 0 Å². The Hall–Kier alpha value is -3.12. The van der Waals surface area contributed by atoms with E-state index in [1.54, 1.807) is 11.1 Å². The van der Waals surface area contributed by atoms with Crippen LogP contribution in [0.1, 0.15) is 43.0 Å². The molecule has 0 spiro atoms. The monoisotopic (exact) mass is 534 g/mol. The van der Waals surface area contributed by atoms with Crippen LogP contribution < -0.4 is 10.6 Å². The van der Waals surface area contributed by atoms with Gasteiger partial charge in [0.05, 0.1) is 23.4 Å². The minimum absolute atomic E-state index is 0.0293. The lowest BCUT2D eigenvalue weighted by molar-refractivity contribution is -0.137. The Morgan fingerprint density at radius 1 is 1.19 bits per heavy atom. The summed E-state index contributed by atoms with van der Waals surface area (Å²) in [7, 11) is 3.63. The molecule has 0 bridgehead atoms. The van der Waals surface area contributed by atoms with E-state index in [1.807, 2.05) is 14.1 Å². The average molecular weight is 535 g/mol. The van der Waals surface area contributed by atoms with Crippen LogP contribution in [-0.4, -0.2) is 54.0 Å². The average Bonchev–Trinajstić information content (AvgIpc) is 3.58. The van der Waals surface area contributed by atoms with Crippen LogP contribution in [0.2, 0.25) is 0 Å². The highest BCUT2D eigenvalue weighted by molar-refractivity contribution is 7.22. The first-order valence-corrected chi connectivity index (χ1v) is 12.7. The second kappa shape index (κ2) is 9.97. The van der Waals surface area contributed by atoms with Crippen LogP contribution in [0.3, 0.4) is 0 Å². The Morgan fingerprint density at radius 2 is 1.97 bits per heavy atom. The maximum atomic E-state index is 15.1. The zero-order valence-electron chi connectivity index (χ0n) is 20.3. The maximum absolute atomic E-state index is 15.1. The normalized spacial score (nSPS) is 21.2. The molecule has 2 atom stereocenters. The molecule has 1 aliphatic heterocycles. The number of hydrogen-bond acceptors (Lipinski definition) is 8. The molecule has 1 saturated carbocycles. The van der Waals surface area contributed by atoms with Crippen LogP contribution in [0.15, 0.2) is 35.0 Å². The lowest BCUT2D eigenvalue weighted by Gasteiger charge is -2.29. The third kappa shape index (κ3) is 5.45. The molecule has 1 aromatic carbocycles. The van der Waals surface area contributed by atoms with E-state index in [4.69, 9.17) is 20.4 Å².